The summed E-state index contributed by atoms with van der Waals surface area (Å²) in [6, 6.07) is 0. The van der Waals surface area contributed by atoms with Crippen molar-refractivity contribution in [2.75, 3.05) is 13.7 Å². The first-order valence-electron chi connectivity index (χ1n) is 5.10. The number of ether oxygens (including phenoxy) is 1. The van der Waals surface area contributed by atoms with Crippen molar-refractivity contribution in [3.63, 3.8) is 0 Å². The van der Waals surface area contributed by atoms with E-state index < -0.39 is 0 Å². The van der Waals surface area contributed by atoms with E-state index in [2.05, 4.69) is 6.08 Å². The van der Waals surface area contributed by atoms with Gasteiger partial charge in [0, 0.05) is 13.7 Å². The largest absolute Gasteiger partial charge is 0.384 e. The van der Waals surface area contributed by atoms with Crippen molar-refractivity contribution < 1.29 is 4.74 Å². The first-order chi connectivity index (χ1) is 5.92. The fraction of sp³-hybridized carbons (Fsp3) is 0.818. The number of hydrogen-bond donors (Lipinski definition) is 0. The summed E-state index contributed by atoms with van der Waals surface area (Å²) in [5, 5.41) is 0. The Kier molecular flexibility index (Phi) is 2.50. The Morgan fingerprint density at radius 1 is 1.25 bits per heavy atom. The lowest BCUT2D eigenvalue weighted by Crippen LogP contribution is -1.91. The van der Waals surface area contributed by atoms with Crippen LogP contribution in [0.3, 0.4) is 0 Å². The SMILES string of the molecule is COCCC=C(C1CC1)C1CC1. The van der Waals surface area contributed by atoms with Gasteiger partial charge in [-0.25, -0.2) is 0 Å². The van der Waals surface area contributed by atoms with E-state index in [9.17, 15) is 0 Å². The van der Waals surface area contributed by atoms with Crippen molar-refractivity contribution in [1.29, 1.82) is 0 Å². The molecule has 2 saturated carbocycles. The summed E-state index contributed by atoms with van der Waals surface area (Å²) in [5.74, 6) is 1.96. The van der Waals surface area contributed by atoms with Crippen molar-refractivity contribution in [3.8, 4) is 0 Å². The predicted molar refractivity (Wildman–Crippen MR) is 50.0 cm³/mol. The number of hydrogen-bond acceptors (Lipinski definition) is 1. The molecule has 2 rings (SSSR count). The van der Waals surface area contributed by atoms with Crippen molar-refractivity contribution in [3.05, 3.63) is 11.6 Å². The van der Waals surface area contributed by atoms with Crippen LogP contribution in [0.4, 0.5) is 0 Å². The Balaban J connectivity index is 1.82. The number of methoxy groups -OCH3 is 1. The minimum absolute atomic E-state index is 0.892. The summed E-state index contributed by atoms with van der Waals surface area (Å²) in [6.45, 7) is 0.892. The molecule has 0 unspecified atom stereocenters. The Hall–Kier alpha value is -0.300. The number of allylic oxidation sites excluding steroid dienone is 1. The third-order valence-electron chi connectivity index (χ3n) is 2.80. The maximum absolute atomic E-state index is 5.05. The fourth-order valence-corrected chi connectivity index (χ4v) is 1.84. The summed E-state index contributed by atoms with van der Waals surface area (Å²) in [7, 11) is 1.78. The zero-order chi connectivity index (χ0) is 8.39. The van der Waals surface area contributed by atoms with Crippen LogP contribution in [0.25, 0.3) is 0 Å². The lowest BCUT2D eigenvalue weighted by molar-refractivity contribution is 0.204. The normalized spacial score (nSPS) is 22.4. The molecule has 0 aromatic rings. The van der Waals surface area contributed by atoms with Gasteiger partial charge in [0.1, 0.15) is 0 Å². The standard InChI is InChI=1S/C11H18O/c1-12-8-2-3-11(9-4-5-9)10-6-7-10/h3,9-10H,2,4-8H2,1H3. The minimum Gasteiger partial charge on any atom is -0.384 e. The van der Waals surface area contributed by atoms with Crippen LogP contribution in [0.1, 0.15) is 32.1 Å². The van der Waals surface area contributed by atoms with Gasteiger partial charge in [-0.3, -0.25) is 0 Å². The average Bonchev–Trinajstić information content (AvgIpc) is 2.87. The van der Waals surface area contributed by atoms with Gasteiger partial charge in [0.2, 0.25) is 0 Å². The third kappa shape index (κ3) is 2.10. The highest BCUT2D eigenvalue weighted by atomic mass is 16.5. The second kappa shape index (κ2) is 3.61. The molecule has 0 radical (unpaired) electrons. The maximum atomic E-state index is 5.05. The highest BCUT2D eigenvalue weighted by Crippen LogP contribution is 2.48. The van der Waals surface area contributed by atoms with Crippen LogP contribution >= 0.6 is 0 Å². The van der Waals surface area contributed by atoms with E-state index in [1.807, 2.05) is 0 Å². The molecule has 0 amide bonds. The van der Waals surface area contributed by atoms with Gasteiger partial charge in [-0.15, -0.1) is 0 Å². The second-order valence-corrected chi connectivity index (χ2v) is 4.03. The second-order valence-electron chi connectivity index (χ2n) is 4.03. The van der Waals surface area contributed by atoms with Gasteiger partial charge in [-0.1, -0.05) is 11.6 Å². The molecule has 0 aliphatic heterocycles. The highest BCUT2D eigenvalue weighted by molar-refractivity contribution is 5.20. The monoisotopic (exact) mass is 166 g/mol. The molecule has 0 saturated heterocycles. The van der Waals surface area contributed by atoms with Gasteiger partial charge in [-0.2, -0.15) is 0 Å². The summed E-state index contributed by atoms with van der Waals surface area (Å²) >= 11 is 0. The molecule has 0 aromatic heterocycles. The Labute approximate surface area is 74.8 Å². The first kappa shape index (κ1) is 8.31. The zero-order valence-corrected chi connectivity index (χ0v) is 7.88. The molecule has 0 N–H and O–H groups in total. The lowest BCUT2D eigenvalue weighted by Gasteiger charge is -2.02. The van der Waals surface area contributed by atoms with E-state index in [-0.39, 0.29) is 0 Å². The van der Waals surface area contributed by atoms with Gasteiger partial charge in [0.05, 0.1) is 0 Å². The van der Waals surface area contributed by atoms with E-state index in [1.54, 1.807) is 12.7 Å². The molecule has 68 valence electrons. The van der Waals surface area contributed by atoms with Gasteiger partial charge in [0.15, 0.2) is 0 Å². The molecule has 2 aliphatic rings. The van der Waals surface area contributed by atoms with E-state index in [1.165, 1.54) is 25.7 Å². The third-order valence-corrected chi connectivity index (χ3v) is 2.80. The van der Waals surface area contributed by atoms with E-state index in [0.717, 1.165) is 24.9 Å². The predicted octanol–water partition coefficient (Wildman–Crippen LogP) is 2.77. The summed E-state index contributed by atoms with van der Waals surface area (Å²) in [6.07, 6.45) is 9.38. The molecule has 12 heavy (non-hydrogen) atoms. The maximum Gasteiger partial charge on any atom is 0.0496 e. The van der Waals surface area contributed by atoms with E-state index >= 15 is 0 Å². The van der Waals surface area contributed by atoms with Gasteiger partial charge >= 0.3 is 0 Å². The van der Waals surface area contributed by atoms with Crippen molar-refractivity contribution in [2.45, 2.75) is 32.1 Å². The van der Waals surface area contributed by atoms with Crippen molar-refractivity contribution >= 4 is 0 Å². The van der Waals surface area contributed by atoms with Gasteiger partial charge in [0.25, 0.3) is 0 Å². The van der Waals surface area contributed by atoms with Crippen molar-refractivity contribution in [1.82, 2.24) is 0 Å². The van der Waals surface area contributed by atoms with E-state index in [0.29, 0.717) is 0 Å². The Bertz CT molecular complexity index is 161. The van der Waals surface area contributed by atoms with Gasteiger partial charge < -0.3 is 4.74 Å². The van der Waals surface area contributed by atoms with Gasteiger partial charge in [-0.05, 0) is 43.9 Å². The highest BCUT2D eigenvalue weighted by Gasteiger charge is 2.35. The molecule has 0 heterocycles. The molecule has 1 nitrogen and oxygen atoms in total. The quantitative estimate of drug-likeness (QED) is 0.451. The Morgan fingerprint density at radius 2 is 1.83 bits per heavy atom. The summed E-state index contributed by atoms with van der Waals surface area (Å²) in [4.78, 5) is 0. The van der Waals surface area contributed by atoms with Crippen LogP contribution in [0.2, 0.25) is 0 Å². The average molecular weight is 166 g/mol. The molecular weight excluding hydrogens is 148 g/mol. The topological polar surface area (TPSA) is 9.23 Å². The zero-order valence-electron chi connectivity index (χ0n) is 7.88. The minimum atomic E-state index is 0.892. The summed E-state index contributed by atoms with van der Waals surface area (Å²) < 4.78 is 5.05. The van der Waals surface area contributed by atoms with Crippen LogP contribution in [-0.4, -0.2) is 13.7 Å². The lowest BCUT2D eigenvalue weighted by atomic mass is 10.1. The molecule has 2 fully saturated rings. The summed E-state index contributed by atoms with van der Waals surface area (Å²) in [5.41, 5.74) is 1.77. The molecule has 2 aliphatic carbocycles. The molecule has 0 spiro atoms. The molecule has 1 heteroatoms. The number of rotatable bonds is 5. The molecule has 0 atom stereocenters. The van der Waals surface area contributed by atoms with Crippen LogP contribution in [0.15, 0.2) is 11.6 Å². The van der Waals surface area contributed by atoms with Crippen LogP contribution in [-0.2, 0) is 4.74 Å². The van der Waals surface area contributed by atoms with E-state index in [4.69, 9.17) is 4.74 Å². The fourth-order valence-electron chi connectivity index (χ4n) is 1.84. The molecular formula is C11H18O. The first-order valence-corrected chi connectivity index (χ1v) is 5.10. The molecule has 0 aromatic carbocycles. The molecule has 0 bridgehead atoms. The van der Waals surface area contributed by atoms with Crippen LogP contribution in [0.5, 0.6) is 0 Å². The van der Waals surface area contributed by atoms with Crippen LogP contribution < -0.4 is 0 Å². The smallest absolute Gasteiger partial charge is 0.0496 e. The van der Waals surface area contributed by atoms with Crippen LogP contribution in [0, 0.1) is 11.8 Å². The Morgan fingerprint density at radius 3 is 2.25 bits per heavy atom. The van der Waals surface area contributed by atoms with Crippen molar-refractivity contribution in [2.24, 2.45) is 11.8 Å².